The van der Waals surface area contributed by atoms with Crippen LogP contribution in [0.1, 0.15) is 22.2 Å². The molecule has 0 radical (unpaired) electrons. The minimum absolute atomic E-state index is 0.0329. The van der Waals surface area contributed by atoms with Gasteiger partial charge in [-0.25, -0.2) is 4.39 Å². The van der Waals surface area contributed by atoms with E-state index in [2.05, 4.69) is 28.7 Å². The van der Waals surface area contributed by atoms with Crippen LogP contribution in [0.15, 0.2) is 29.8 Å². The van der Waals surface area contributed by atoms with Crippen molar-refractivity contribution in [3.05, 3.63) is 51.7 Å². The summed E-state index contributed by atoms with van der Waals surface area (Å²) in [4.78, 5) is 5.36. The first-order chi connectivity index (χ1) is 7.70. The number of nitrogens with zero attached hydrogens (tertiary/aromatic N) is 1. The molecule has 2 aromatic heterocycles. The molecular weight excluding hydrogens is 223 g/mol. The van der Waals surface area contributed by atoms with Crippen LogP contribution in [0.3, 0.4) is 0 Å². The Morgan fingerprint density at radius 1 is 1.44 bits per heavy atom. The molecule has 2 nitrogen and oxygen atoms in total. The Bertz CT molecular complexity index is 464. The predicted octanol–water partition coefficient (Wildman–Crippen LogP) is 2.90. The Balaban J connectivity index is 2.32. The van der Waals surface area contributed by atoms with E-state index in [-0.39, 0.29) is 11.9 Å². The maximum absolute atomic E-state index is 12.8. The number of aromatic nitrogens is 1. The van der Waals surface area contributed by atoms with E-state index in [1.54, 1.807) is 17.4 Å². The Kier molecular flexibility index (Phi) is 3.31. The quantitative estimate of drug-likeness (QED) is 0.886. The summed E-state index contributed by atoms with van der Waals surface area (Å²) < 4.78 is 12.8. The molecule has 2 aromatic rings. The van der Waals surface area contributed by atoms with Crippen LogP contribution in [0.25, 0.3) is 0 Å². The van der Waals surface area contributed by atoms with Crippen molar-refractivity contribution in [1.29, 1.82) is 0 Å². The molecule has 0 saturated heterocycles. The Labute approximate surface area is 98.2 Å². The van der Waals surface area contributed by atoms with Crippen LogP contribution in [0.4, 0.5) is 4.39 Å². The molecule has 84 valence electrons. The van der Waals surface area contributed by atoms with Crippen molar-refractivity contribution in [1.82, 2.24) is 10.3 Å². The van der Waals surface area contributed by atoms with E-state index < -0.39 is 0 Å². The molecule has 0 aliphatic rings. The molecule has 0 aromatic carbocycles. The van der Waals surface area contributed by atoms with Gasteiger partial charge in [0.05, 0.1) is 17.9 Å². The molecule has 2 heterocycles. The average molecular weight is 236 g/mol. The predicted molar refractivity (Wildman–Crippen MR) is 64.2 cm³/mol. The van der Waals surface area contributed by atoms with E-state index in [0.29, 0.717) is 0 Å². The molecule has 2 rings (SSSR count). The number of hydrogen-bond donors (Lipinski definition) is 1. The van der Waals surface area contributed by atoms with Gasteiger partial charge < -0.3 is 5.32 Å². The molecule has 4 heteroatoms. The lowest BCUT2D eigenvalue weighted by Crippen LogP contribution is -2.18. The average Bonchev–Trinajstić information content (AvgIpc) is 2.69. The van der Waals surface area contributed by atoms with E-state index in [9.17, 15) is 4.39 Å². The van der Waals surface area contributed by atoms with E-state index in [1.165, 1.54) is 22.7 Å². The highest BCUT2D eigenvalue weighted by Gasteiger charge is 2.14. The molecule has 0 bridgehead atoms. The summed E-state index contributed by atoms with van der Waals surface area (Å²) in [6.07, 6.45) is 1.25. The lowest BCUT2D eigenvalue weighted by Gasteiger charge is -2.13. The van der Waals surface area contributed by atoms with Gasteiger partial charge in [0, 0.05) is 4.88 Å². The van der Waals surface area contributed by atoms with Crippen LogP contribution in [0.5, 0.6) is 0 Å². The number of rotatable bonds is 3. The zero-order valence-corrected chi connectivity index (χ0v) is 10.0. The van der Waals surface area contributed by atoms with Gasteiger partial charge in [-0.05, 0) is 43.1 Å². The molecule has 0 amide bonds. The van der Waals surface area contributed by atoms with Crippen molar-refractivity contribution in [3.8, 4) is 0 Å². The number of pyridine rings is 1. The second kappa shape index (κ2) is 4.72. The first kappa shape index (κ1) is 11.2. The standard InChI is InChI=1S/C12H13FN2S/c1-8-5-9(7-16-8)12(14-2)11-4-3-10(13)6-15-11/h3-7,12,14H,1-2H3. The summed E-state index contributed by atoms with van der Waals surface area (Å²) in [5.41, 5.74) is 2.01. The zero-order chi connectivity index (χ0) is 11.5. The topological polar surface area (TPSA) is 24.9 Å². The van der Waals surface area contributed by atoms with Gasteiger partial charge in [0.15, 0.2) is 0 Å². The first-order valence-electron chi connectivity index (χ1n) is 5.04. The minimum atomic E-state index is -0.305. The third kappa shape index (κ3) is 2.28. The Morgan fingerprint density at radius 2 is 2.25 bits per heavy atom. The van der Waals surface area contributed by atoms with Crippen LogP contribution >= 0.6 is 11.3 Å². The van der Waals surface area contributed by atoms with Gasteiger partial charge in [-0.3, -0.25) is 4.98 Å². The number of hydrogen-bond acceptors (Lipinski definition) is 3. The highest BCUT2D eigenvalue weighted by atomic mass is 32.1. The summed E-state index contributed by atoms with van der Waals surface area (Å²) in [7, 11) is 1.88. The first-order valence-corrected chi connectivity index (χ1v) is 5.92. The van der Waals surface area contributed by atoms with Crippen LogP contribution in [0, 0.1) is 12.7 Å². The number of halogens is 1. The molecule has 0 aliphatic carbocycles. The van der Waals surface area contributed by atoms with E-state index >= 15 is 0 Å². The molecule has 1 N–H and O–H groups in total. The van der Waals surface area contributed by atoms with Crippen molar-refractivity contribution in [2.24, 2.45) is 0 Å². The van der Waals surface area contributed by atoms with Gasteiger partial charge in [-0.2, -0.15) is 0 Å². The molecule has 0 aliphatic heterocycles. The smallest absolute Gasteiger partial charge is 0.141 e. The van der Waals surface area contributed by atoms with Crippen LogP contribution in [0.2, 0.25) is 0 Å². The fourth-order valence-corrected chi connectivity index (χ4v) is 2.39. The normalized spacial score (nSPS) is 12.7. The second-order valence-corrected chi connectivity index (χ2v) is 4.73. The minimum Gasteiger partial charge on any atom is -0.308 e. The molecule has 1 unspecified atom stereocenters. The van der Waals surface area contributed by atoms with E-state index in [4.69, 9.17) is 0 Å². The van der Waals surface area contributed by atoms with Crippen molar-refractivity contribution in [2.45, 2.75) is 13.0 Å². The Hall–Kier alpha value is -1.26. The summed E-state index contributed by atoms with van der Waals surface area (Å²) in [6.45, 7) is 2.07. The SMILES string of the molecule is CNC(c1csc(C)c1)c1ccc(F)cn1. The third-order valence-corrected chi connectivity index (χ3v) is 3.30. The largest absolute Gasteiger partial charge is 0.308 e. The van der Waals surface area contributed by atoms with E-state index in [0.717, 1.165) is 5.69 Å². The second-order valence-electron chi connectivity index (χ2n) is 3.61. The van der Waals surface area contributed by atoms with Crippen molar-refractivity contribution < 1.29 is 4.39 Å². The van der Waals surface area contributed by atoms with Crippen molar-refractivity contribution >= 4 is 11.3 Å². The number of thiophene rings is 1. The maximum Gasteiger partial charge on any atom is 0.141 e. The fourth-order valence-electron chi connectivity index (χ4n) is 1.66. The maximum atomic E-state index is 12.8. The highest BCUT2D eigenvalue weighted by Crippen LogP contribution is 2.24. The molecule has 0 spiro atoms. The lowest BCUT2D eigenvalue weighted by molar-refractivity contribution is 0.610. The Morgan fingerprint density at radius 3 is 2.75 bits per heavy atom. The molecule has 16 heavy (non-hydrogen) atoms. The van der Waals surface area contributed by atoms with Gasteiger partial charge in [-0.15, -0.1) is 11.3 Å². The fraction of sp³-hybridized carbons (Fsp3) is 0.250. The van der Waals surface area contributed by atoms with E-state index in [1.807, 2.05) is 7.05 Å². The van der Waals surface area contributed by atoms with Gasteiger partial charge in [-0.1, -0.05) is 0 Å². The summed E-state index contributed by atoms with van der Waals surface area (Å²) in [5, 5.41) is 5.29. The summed E-state index contributed by atoms with van der Waals surface area (Å²) >= 11 is 1.70. The van der Waals surface area contributed by atoms with Crippen LogP contribution < -0.4 is 5.32 Å². The number of nitrogens with one attached hydrogen (secondary N) is 1. The lowest BCUT2D eigenvalue weighted by atomic mass is 10.1. The van der Waals surface area contributed by atoms with Gasteiger partial charge in [0.1, 0.15) is 5.82 Å². The van der Waals surface area contributed by atoms with Crippen LogP contribution in [-0.4, -0.2) is 12.0 Å². The van der Waals surface area contributed by atoms with Gasteiger partial charge >= 0.3 is 0 Å². The van der Waals surface area contributed by atoms with Gasteiger partial charge in [0.2, 0.25) is 0 Å². The van der Waals surface area contributed by atoms with Crippen LogP contribution in [-0.2, 0) is 0 Å². The highest BCUT2D eigenvalue weighted by molar-refractivity contribution is 7.10. The molecular formula is C12H13FN2S. The molecule has 0 fully saturated rings. The molecule has 0 saturated carbocycles. The summed E-state index contributed by atoms with van der Waals surface area (Å²) in [6, 6.07) is 5.30. The van der Waals surface area contributed by atoms with Crippen molar-refractivity contribution in [2.75, 3.05) is 7.05 Å². The van der Waals surface area contributed by atoms with Crippen molar-refractivity contribution in [3.63, 3.8) is 0 Å². The molecule has 1 atom stereocenters. The third-order valence-electron chi connectivity index (χ3n) is 2.42. The van der Waals surface area contributed by atoms with Gasteiger partial charge in [0.25, 0.3) is 0 Å². The monoisotopic (exact) mass is 236 g/mol. The summed E-state index contributed by atoms with van der Waals surface area (Å²) in [5.74, 6) is -0.305. The zero-order valence-electron chi connectivity index (χ0n) is 9.20. The number of aryl methyl sites for hydroxylation is 1.